The van der Waals surface area contributed by atoms with Crippen LogP contribution in [0.15, 0.2) is 53.1 Å². The summed E-state index contributed by atoms with van der Waals surface area (Å²) in [6, 6.07) is 12.4. The van der Waals surface area contributed by atoms with Crippen LogP contribution in [0.2, 0.25) is 10.0 Å². The molecule has 2 aromatic carbocycles. The van der Waals surface area contributed by atoms with Crippen LogP contribution in [0.4, 0.5) is 0 Å². The molecule has 3 aromatic rings. The minimum absolute atomic E-state index is 0.0838. The van der Waals surface area contributed by atoms with E-state index in [1.165, 1.54) is 0 Å². The standard InChI is InChI=1S/C20H18BrCl2N3O2/c1-25(11-18-16(21)10-24-26(18)2)20(27)14-5-3-4-13(8-14)12-28-19-7-6-15(22)9-17(19)23/h3-10H,11-12H2,1-2H3. The van der Waals surface area contributed by atoms with E-state index in [0.717, 1.165) is 15.7 Å². The van der Waals surface area contributed by atoms with Gasteiger partial charge in [0.15, 0.2) is 0 Å². The van der Waals surface area contributed by atoms with Crippen molar-refractivity contribution in [3.63, 3.8) is 0 Å². The Bertz CT molecular complexity index is 987. The summed E-state index contributed by atoms with van der Waals surface area (Å²) in [6.45, 7) is 0.733. The van der Waals surface area contributed by atoms with Crippen LogP contribution < -0.4 is 4.74 Å². The van der Waals surface area contributed by atoms with Gasteiger partial charge in [0.1, 0.15) is 12.4 Å². The van der Waals surface area contributed by atoms with Gasteiger partial charge >= 0.3 is 0 Å². The van der Waals surface area contributed by atoms with Gasteiger partial charge < -0.3 is 9.64 Å². The first-order chi connectivity index (χ1) is 13.3. The highest BCUT2D eigenvalue weighted by Crippen LogP contribution is 2.28. The number of benzene rings is 2. The van der Waals surface area contributed by atoms with Gasteiger partial charge in [0.05, 0.1) is 27.9 Å². The zero-order valence-corrected chi connectivity index (χ0v) is 18.4. The minimum atomic E-state index is -0.0838. The number of carbonyl (C=O) groups excluding carboxylic acids is 1. The molecule has 0 radical (unpaired) electrons. The zero-order valence-electron chi connectivity index (χ0n) is 15.3. The quantitative estimate of drug-likeness (QED) is 0.476. The molecular weight excluding hydrogens is 465 g/mol. The highest BCUT2D eigenvalue weighted by Gasteiger charge is 2.16. The van der Waals surface area contributed by atoms with Gasteiger partial charge in [0, 0.05) is 24.7 Å². The van der Waals surface area contributed by atoms with E-state index in [2.05, 4.69) is 21.0 Å². The van der Waals surface area contributed by atoms with E-state index in [4.69, 9.17) is 27.9 Å². The second-order valence-corrected chi connectivity index (χ2v) is 7.99. The number of rotatable bonds is 6. The van der Waals surface area contributed by atoms with Crippen LogP contribution in [0.25, 0.3) is 0 Å². The number of aryl methyl sites for hydroxylation is 1. The SMILES string of the molecule is CN(Cc1c(Br)cnn1C)C(=O)c1cccc(COc2ccc(Cl)cc2Cl)c1. The molecule has 0 saturated heterocycles. The zero-order chi connectivity index (χ0) is 20.3. The fraction of sp³-hybridized carbons (Fsp3) is 0.200. The summed E-state index contributed by atoms with van der Waals surface area (Å²) >= 11 is 15.5. The predicted octanol–water partition coefficient (Wildman–Crippen LogP) is 5.34. The molecule has 0 aliphatic carbocycles. The summed E-state index contributed by atoms with van der Waals surface area (Å²) in [5, 5.41) is 5.17. The summed E-state index contributed by atoms with van der Waals surface area (Å²) in [4.78, 5) is 14.5. The summed E-state index contributed by atoms with van der Waals surface area (Å²) in [5.41, 5.74) is 2.38. The monoisotopic (exact) mass is 481 g/mol. The average molecular weight is 483 g/mol. The highest BCUT2D eigenvalue weighted by molar-refractivity contribution is 9.10. The number of amides is 1. The van der Waals surface area contributed by atoms with E-state index in [-0.39, 0.29) is 5.91 Å². The van der Waals surface area contributed by atoms with Crippen molar-refractivity contribution in [1.29, 1.82) is 0 Å². The van der Waals surface area contributed by atoms with Crippen LogP contribution in [0.3, 0.4) is 0 Å². The Morgan fingerprint density at radius 1 is 1.25 bits per heavy atom. The first-order valence-electron chi connectivity index (χ1n) is 8.44. The molecule has 0 fully saturated rings. The molecule has 0 aliphatic heterocycles. The molecule has 28 heavy (non-hydrogen) atoms. The summed E-state index contributed by atoms with van der Waals surface area (Å²) in [7, 11) is 3.61. The van der Waals surface area contributed by atoms with Crippen LogP contribution in [-0.4, -0.2) is 27.6 Å². The Morgan fingerprint density at radius 2 is 2.04 bits per heavy atom. The molecule has 3 rings (SSSR count). The van der Waals surface area contributed by atoms with Crippen LogP contribution in [0.1, 0.15) is 21.6 Å². The van der Waals surface area contributed by atoms with Crippen molar-refractivity contribution >= 4 is 45.0 Å². The number of aromatic nitrogens is 2. The molecule has 8 heteroatoms. The lowest BCUT2D eigenvalue weighted by Crippen LogP contribution is -2.27. The Balaban J connectivity index is 1.69. The van der Waals surface area contributed by atoms with Gasteiger partial charge in [-0.05, 0) is 51.8 Å². The Kier molecular flexibility index (Phi) is 6.65. The number of carbonyl (C=O) groups is 1. The van der Waals surface area contributed by atoms with Crippen molar-refractivity contribution in [2.24, 2.45) is 7.05 Å². The molecule has 0 saturated carbocycles. The third-order valence-corrected chi connectivity index (χ3v) is 5.40. The molecule has 0 N–H and O–H groups in total. The van der Waals surface area contributed by atoms with Crippen molar-refractivity contribution in [1.82, 2.24) is 14.7 Å². The minimum Gasteiger partial charge on any atom is -0.487 e. The number of hydrogen-bond acceptors (Lipinski definition) is 3. The molecule has 0 atom stereocenters. The van der Waals surface area contributed by atoms with Crippen molar-refractivity contribution in [3.8, 4) is 5.75 Å². The van der Waals surface area contributed by atoms with Crippen LogP contribution in [0.5, 0.6) is 5.75 Å². The van der Waals surface area contributed by atoms with Gasteiger partial charge in [-0.3, -0.25) is 9.48 Å². The number of hydrogen-bond donors (Lipinski definition) is 0. The second kappa shape index (κ2) is 8.99. The van der Waals surface area contributed by atoms with Gasteiger partial charge in [-0.1, -0.05) is 35.3 Å². The number of halogens is 3. The molecule has 1 amide bonds. The van der Waals surface area contributed by atoms with Crippen molar-refractivity contribution < 1.29 is 9.53 Å². The van der Waals surface area contributed by atoms with Gasteiger partial charge in [-0.25, -0.2) is 0 Å². The molecule has 0 unspecified atom stereocenters. The van der Waals surface area contributed by atoms with E-state index in [9.17, 15) is 4.79 Å². The topological polar surface area (TPSA) is 47.4 Å². The molecule has 1 heterocycles. The lowest BCUT2D eigenvalue weighted by Gasteiger charge is -2.18. The van der Waals surface area contributed by atoms with Crippen molar-refractivity contribution in [2.75, 3.05) is 7.05 Å². The average Bonchev–Trinajstić information content (AvgIpc) is 2.99. The smallest absolute Gasteiger partial charge is 0.253 e. The molecule has 146 valence electrons. The fourth-order valence-corrected chi connectivity index (χ4v) is 3.61. The van der Waals surface area contributed by atoms with Crippen LogP contribution in [-0.2, 0) is 20.2 Å². The number of nitrogens with zero attached hydrogens (tertiary/aromatic N) is 3. The third-order valence-electron chi connectivity index (χ3n) is 4.21. The summed E-state index contributed by atoms with van der Waals surface area (Å²) in [5.74, 6) is 0.459. The number of ether oxygens (including phenoxy) is 1. The highest BCUT2D eigenvalue weighted by atomic mass is 79.9. The summed E-state index contributed by atoms with van der Waals surface area (Å²) < 4.78 is 8.37. The third kappa shape index (κ3) is 4.87. The largest absolute Gasteiger partial charge is 0.487 e. The van der Waals surface area contributed by atoms with E-state index >= 15 is 0 Å². The fourth-order valence-electron chi connectivity index (χ4n) is 2.68. The van der Waals surface area contributed by atoms with E-state index < -0.39 is 0 Å². The lowest BCUT2D eigenvalue weighted by molar-refractivity contribution is 0.0781. The van der Waals surface area contributed by atoms with Gasteiger partial charge in [0.2, 0.25) is 0 Å². The molecule has 0 spiro atoms. The van der Waals surface area contributed by atoms with Gasteiger partial charge in [-0.15, -0.1) is 0 Å². The van der Waals surface area contributed by atoms with E-state index in [1.54, 1.807) is 47.1 Å². The van der Waals surface area contributed by atoms with Crippen LogP contribution >= 0.6 is 39.1 Å². The first-order valence-corrected chi connectivity index (χ1v) is 9.98. The van der Waals surface area contributed by atoms with Gasteiger partial charge in [0.25, 0.3) is 5.91 Å². The maximum absolute atomic E-state index is 12.8. The van der Waals surface area contributed by atoms with E-state index in [1.807, 2.05) is 25.2 Å². The predicted molar refractivity (Wildman–Crippen MR) is 114 cm³/mol. The summed E-state index contributed by atoms with van der Waals surface area (Å²) in [6.07, 6.45) is 1.72. The van der Waals surface area contributed by atoms with Gasteiger partial charge in [-0.2, -0.15) is 5.10 Å². The normalized spacial score (nSPS) is 10.8. The Hall–Kier alpha value is -2.02. The molecular formula is C20H18BrCl2N3O2. The first kappa shape index (κ1) is 20.7. The molecule has 1 aromatic heterocycles. The Labute approximate surface area is 181 Å². The maximum Gasteiger partial charge on any atom is 0.253 e. The second-order valence-electron chi connectivity index (χ2n) is 6.29. The molecule has 0 aliphatic rings. The maximum atomic E-state index is 12.8. The van der Waals surface area contributed by atoms with Crippen molar-refractivity contribution in [3.05, 3.63) is 80.0 Å². The lowest BCUT2D eigenvalue weighted by atomic mass is 10.1. The molecule has 5 nitrogen and oxygen atoms in total. The van der Waals surface area contributed by atoms with Crippen molar-refractivity contribution in [2.45, 2.75) is 13.2 Å². The van der Waals surface area contributed by atoms with Crippen LogP contribution in [0, 0.1) is 0 Å². The Morgan fingerprint density at radius 3 is 2.71 bits per heavy atom. The van der Waals surface area contributed by atoms with E-state index in [0.29, 0.717) is 34.5 Å². The molecule has 0 bridgehead atoms.